The van der Waals surface area contributed by atoms with E-state index in [-0.39, 0.29) is 11.9 Å². The lowest BCUT2D eigenvalue weighted by Crippen LogP contribution is -2.38. The Hall–Kier alpha value is -1.16. The third kappa shape index (κ3) is 4.64. The zero-order valence-corrected chi connectivity index (χ0v) is 17.3. The van der Waals surface area contributed by atoms with Crippen LogP contribution in [0.2, 0.25) is 0 Å². The van der Waals surface area contributed by atoms with Crippen LogP contribution in [0.1, 0.15) is 18.4 Å². The average Bonchev–Trinajstić information content (AvgIpc) is 3.34. The van der Waals surface area contributed by atoms with Gasteiger partial charge in [0.2, 0.25) is 5.95 Å². The molecule has 2 aromatic rings. The summed E-state index contributed by atoms with van der Waals surface area (Å²) >= 11 is 4.91. The summed E-state index contributed by atoms with van der Waals surface area (Å²) in [5, 5.41) is 9.64. The molecule has 146 valence electrons. The highest BCUT2D eigenvalue weighted by molar-refractivity contribution is 9.10. The van der Waals surface area contributed by atoms with Crippen LogP contribution in [-0.4, -0.2) is 53.8 Å². The first-order valence-electron chi connectivity index (χ1n) is 9.15. The van der Waals surface area contributed by atoms with Gasteiger partial charge in [-0.15, -0.1) is 10.2 Å². The van der Waals surface area contributed by atoms with Crippen LogP contribution >= 0.6 is 27.7 Å². The molecule has 1 aromatic carbocycles. The normalized spacial score (nSPS) is 20.4. The van der Waals surface area contributed by atoms with Crippen LogP contribution in [0.5, 0.6) is 0 Å². The van der Waals surface area contributed by atoms with Crippen LogP contribution in [-0.2, 0) is 21.8 Å². The monoisotopic (exact) mass is 456 g/mol. The van der Waals surface area contributed by atoms with E-state index in [1.165, 1.54) is 17.8 Å². The summed E-state index contributed by atoms with van der Waals surface area (Å²) in [4.78, 5) is 2.20. The zero-order valence-electron chi connectivity index (χ0n) is 14.9. The number of halogens is 2. The summed E-state index contributed by atoms with van der Waals surface area (Å²) in [6.07, 6.45) is 2.32. The lowest BCUT2D eigenvalue weighted by molar-refractivity contribution is 0.0942. The molecule has 27 heavy (non-hydrogen) atoms. The third-order valence-corrected chi connectivity index (χ3v) is 6.27. The number of nitrogens with zero attached hydrogens (tertiary/aromatic N) is 4. The molecule has 6 nitrogen and oxygen atoms in total. The number of morpholine rings is 1. The number of anilines is 1. The molecule has 0 radical (unpaired) electrons. The molecule has 3 heterocycles. The van der Waals surface area contributed by atoms with Crippen LogP contribution in [0.4, 0.5) is 10.3 Å². The summed E-state index contributed by atoms with van der Waals surface area (Å²) in [5.41, 5.74) is 0.647. The summed E-state index contributed by atoms with van der Waals surface area (Å²) in [6.45, 7) is 4.52. The smallest absolute Gasteiger partial charge is 0.228 e. The minimum atomic E-state index is -0.204. The first-order chi connectivity index (χ1) is 13.2. The van der Waals surface area contributed by atoms with Gasteiger partial charge in [-0.3, -0.25) is 4.57 Å². The fourth-order valence-electron chi connectivity index (χ4n) is 3.33. The van der Waals surface area contributed by atoms with Gasteiger partial charge < -0.3 is 14.4 Å². The molecule has 0 spiro atoms. The predicted molar refractivity (Wildman–Crippen MR) is 106 cm³/mol. The van der Waals surface area contributed by atoms with Gasteiger partial charge in [0, 0.05) is 29.9 Å². The number of ether oxygens (including phenoxy) is 2. The van der Waals surface area contributed by atoms with E-state index in [1.54, 1.807) is 6.07 Å². The van der Waals surface area contributed by atoms with Crippen molar-refractivity contribution in [2.75, 3.05) is 37.8 Å². The van der Waals surface area contributed by atoms with Crippen LogP contribution in [0.3, 0.4) is 0 Å². The van der Waals surface area contributed by atoms with Gasteiger partial charge in [0.25, 0.3) is 0 Å². The lowest BCUT2D eigenvalue weighted by Gasteiger charge is -2.28. The molecule has 1 aromatic heterocycles. The maximum absolute atomic E-state index is 14.1. The molecule has 2 saturated heterocycles. The standard InChI is InChI=1S/C18H22BrFN4O2S/c19-14-3-4-16(20)13(10-14)12-27-18-22-21-17(23-5-8-25-9-6-23)24(18)11-15-2-1-7-26-15/h3-4,10,15H,1-2,5-9,11-12H2. The molecular formula is C18H22BrFN4O2S. The second-order valence-electron chi connectivity index (χ2n) is 6.65. The van der Waals surface area contributed by atoms with Crippen molar-refractivity contribution in [3.63, 3.8) is 0 Å². The van der Waals surface area contributed by atoms with E-state index < -0.39 is 0 Å². The molecule has 0 amide bonds. The second-order valence-corrected chi connectivity index (χ2v) is 8.51. The molecule has 0 aliphatic carbocycles. The van der Waals surface area contributed by atoms with Gasteiger partial charge in [0.15, 0.2) is 5.16 Å². The molecule has 2 aliphatic rings. The highest BCUT2D eigenvalue weighted by Crippen LogP contribution is 2.29. The van der Waals surface area contributed by atoms with Crippen molar-refractivity contribution in [1.29, 1.82) is 0 Å². The van der Waals surface area contributed by atoms with Crippen molar-refractivity contribution in [2.24, 2.45) is 0 Å². The number of hydrogen-bond acceptors (Lipinski definition) is 6. The van der Waals surface area contributed by atoms with Crippen molar-refractivity contribution in [3.8, 4) is 0 Å². The van der Waals surface area contributed by atoms with Crippen LogP contribution in [0, 0.1) is 5.82 Å². The number of rotatable bonds is 6. The van der Waals surface area contributed by atoms with Gasteiger partial charge in [-0.1, -0.05) is 27.7 Å². The third-order valence-electron chi connectivity index (χ3n) is 4.77. The molecule has 0 saturated carbocycles. The Bertz CT molecular complexity index is 779. The van der Waals surface area contributed by atoms with Crippen LogP contribution in [0.15, 0.2) is 27.8 Å². The Kier molecular flexibility index (Phi) is 6.31. The number of hydrogen-bond donors (Lipinski definition) is 0. The van der Waals surface area contributed by atoms with E-state index in [0.29, 0.717) is 24.5 Å². The van der Waals surface area contributed by atoms with E-state index in [4.69, 9.17) is 9.47 Å². The van der Waals surface area contributed by atoms with E-state index >= 15 is 0 Å². The zero-order chi connectivity index (χ0) is 18.6. The molecule has 4 rings (SSSR count). The number of benzene rings is 1. The maximum Gasteiger partial charge on any atom is 0.228 e. The first-order valence-corrected chi connectivity index (χ1v) is 10.9. The summed E-state index contributed by atoms with van der Waals surface area (Å²) in [5.74, 6) is 1.15. The average molecular weight is 457 g/mol. The Balaban J connectivity index is 1.55. The lowest BCUT2D eigenvalue weighted by atomic mass is 10.2. The van der Waals surface area contributed by atoms with Crippen molar-refractivity contribution in [3.05, 3.63) is 34.1 Å². The topological polar surface area (TPSA) is 52.4 Å². The molecular weight excluding hydrogens is 435 g/mol. The minimum Gasteiger partial charge on any atom is -0.378 e. The van der Waals surface area contributed by atoms with Gasteiger partial charge in [0.05, 0.1) is 25.9 Å². The summed E-state index contributed by atoms with van der Waals surface area (Å²) in [7, 11) is 0. The highest BCUT2D eigenvalue weighted by atomic mass is 79.9. The van der Waals surface area contributed by atoms with E-state index in [0.717, 1.165) is 54.7 Å². The van der Waals surface area contributed by atoms with Gasteiger partial charge in [-0.05, 0) is 36.6 Å². The Morgan fingerprint density at radius 2 is 2.07 bits per heavy atom. The van der Waals surface area contributed by atoms with Crippen LogP contribution in [0.25, 0.3) is 0 Å². The fourth-order valence-corrected chi connectivity index (χ4v) is 4.66. The van der Waals surface area contributed by atoms with Gasteiger partial charge in [-0.2, -0.15) is 0 Å². The molecule has 2 aliphatic heterocycles. The van der Waals surface area contributed by atoms with Gasteiger partial charge in [-0.25, -0.2) is 4.39 Å². The second kappa shape index (κ2) is 8.89. The first kappa shape index (κ1) is 19.2. The highest BCUT2D eigenvalue weighted by Gasteiger charge is 2.25. The molecule has 1 atom stereocenters. The van der Waals surface area contributed by atoms with Crippen LogP contribution < -0.4 is 4.90 Å². The Morgan fingerprint density at radius 3 is 2.85 bits per heavy atom. The van der Waals surface area contributed by atoms with E-state index in [9.17, 15) is 4.39 Å². The van der Waals surface area contributed by atoms with Crippen molar-refractivity contribution in [2.45, 2.75) is 36.4 Å². The summed E-state index contributed by atoms with van der Waals surface area (Å²) in [6, 6.07) is 5.00. The number of thioether (sulfide) groups is 1. The van der Waals surface area contributed by atoms with E-state index in [1.807, 2.05) is 6.07 Å². The minimum absolute atomic E-state index is 0.183. The van der Waals surface area contributed by atoms with E-state index in [2.05, 4.69) is 35.6 Å². The molecule has 9 heteroatoms. The summed E-state index contributed by atoms with van der Waals surface area (Å²) < 4.78 is 28.4. The largest absolute Gasteiger partial charge is 0.378 e. The van der Waals surface area contributed by atoms with Crippen molar-refractivity contribution in [1.82, 2.24) is 14.8 Å². The molecule has 1 unspecified atom stereocenters. The molecule has 0 bridgehead atoms. The number of aromatic nitrogens is 3. The fraction of sp³-hybridized carbons (Fsp3) is 0.556. The van der Waals surface area contributed by atoms with Crippen molar-refractivity contribution >= 4 is 33.6 Å². The van der Waals surface area contributed by atoms with Crippen molar-refractivity contribution < 1.29 is 13.9 Å². The van der Waals surface area contributed by atoms with Gasteiger partial charge in [0.1, 0.15) is 5.82 Å². The maximum atomic E-state index is 14.1. The Morgan fingerprint density at radius 1 is 1.22 bits per heavy atom. The molecule has 2 fully saturated rings. The Labute approximate surface area is 170 Å². The van der Waals surface area contributed by atoms with Gasteiger partial charge >= 0.3 is 0 Å². The predicted octanol–water partition coefficient (Wildman–Crippen LogP) is 3.49. The quantitative estimate of drug-likeness (QED) is 0.620. The molecule has 0 N–H and O–H groups in total. The SMILES string of the molecule is Fc1ccc(Br)cc1CSc1nnc(N2CCOCC2)n1CC1CCCO1.